The van der Waals surface area contributed by atoms with Crippen molar-refractivity contribution in [3.63, 3.8) is 0 Å². The molecule has 102 valence electrons. The van der Waals surface area contributed by atoms with Crippen molar-refractivity contribution in [1.29, 1.82) is 0 Å². The van der Waals surface area contributed by atoms with Crippen LogP contribution in [-0.2, 0) is 9.53 Å². The van der Waals surface area contributed by atoms with Crippen LogP contribution in [0.25, 0.3) is 0 Å². The molecular weight excluding hydrogens is 248 g/mol. The van der Waals surface area contributed by atoms with Crippen molar-refractivity contribution < 1.29 is 9.53 Å². The first-order valence-corrected chi connectivity index (χ1v) is 7.64. The van der Waals surface area contributed by atoms with Crippen LogP contribution in [0.1, 0.15) is 39.0 Å². The molecular formula is C13H22N2O2S. The molecule has 0 aromatic rings. The minimum absolute atomic E-state index is 0.191. The summed E-state index contributed by atoms with van der Waals surface area (Å²) in [5.41, 5.74) is 0.279. The standard InChI is InChI=1S/C13H22N2O2S/c1-10-3-6-13(7-4-10)9-18-12(15-13)14-8-5-11(16)17-2/h10H,3-9H2,1-2H3,(H,14,15). The Morgan fingerprint density at radius 2 is 2.28 bits per heavy atom. The van der Waals surface area contributed by atoms with Gasteiger partial charge < -0.3 is 10.1 Å². The quantitative estimate of drug-likeness (QED) is 0.799. The molecule has 0 bridgehead atoms. The van der Waals surface area contributed by atoms with E-state index in [0.717, 1.165) is 16.8 Å². The highest BCUT2D eigenvalue weighted by Crippen LogP contribution is 2.38. The number of carbonyl (C=O) groups excluding carboxylic acids is 1. The van der Waals surface area contributed by atoms with Gasteiger partial charge in [0.25, 0.3) is 0 Å². The van der Waals surface area contributed by atoms with Gasteiger partial charge >= 0.3 is 5.97 Å². The molecule has 0 aromatic heterocycles. The number of aliphatic imine (C=N–C) groups is 1. The highest BCUT2D eigenvalue weighted by atomic mass is 32.2. The van der Waals surface area contributed by atoms with E-state index in [1.54, 1.807) is 11.8 Å². The lowest BCUT2D eigenvalue weighted by Gasteiger charge is -2.35. The van der Waals surface area contributed by atoms with Gasteiger partial charge in [-0.2, -0.15) is 0 Å². The first kappa shape index (κ1) is 13.7. The van der Waals surface area contributed by atoms with Crippen LogP contribution in [0.4, 0.5) is 0 Å². The molecule has 0 amide bonds. The molecule has 2 rings (SSSR count). The van der Waals surface area contributed by atoms with Crippen molar-refractivity contribution in [2.75, 3.05) is 19.4 Å². The molecule has 0 unspecified atom stereocenters. The summed E-state index contributed by atoms with van der Waals surface area (Å²) >= 11 is 1.80. The molecule has 1 N–H and O–H groups in total. The SMILES string of the molecule is COC(=O)CCN=C1NC2(CCC(C)CC2)CS1. The van der Waals surface area contributed by atoms with E-state index in [2.05, 4.69) is 22.0 Å². The molecule has 0 radical (unpaired) electrons. The Balaban J connectivity index is 1.80. The largest absolute Gasteiger partial charge is 0.469 e. The predicted octanol–water partition coefficient (Wildman–Crippen LogP) is 2.19. The minimum Gasteiger partial charge on any atom is -0.469 e. The normalized spacial score (nSPS) is 33.7. The lowest BCUT2D eigenvalue weighted by Crippen LogP contribution is -2.46. The van der Waals surface area contributed by atoms with E-state index >= 15 is 0 Å². The van der Waals surface area contributed by atoms with Gasteiger partial charge in [-0.15, -0.1) is 0 Å². The molecule has 1 aliphatic carbocycles. The van der Waals surface area contributed by atoms with Gasteiger partial charge in [-0.1, -0.05) is 18.7 Å². The maximum absolute atomic E-state index is 11.0. The highest BCUT2D eigenvalue weighted by molar-refractivity contribution is 8.14. The second-order valence-electron chi connectivity index (χ2n) is 5.39. The van der Waals surface area contributed by atoms with Crippen LogP contribution in [0.5, 0.6) is 0 Å². The van der Waals surface area contributed by atoms with Crippen molar-refractivity contribution >= 4 is 22.9 Å². The Morgan fingerprint density at radius 3 is 2.94 bits per heavy atom. The van der Waals surface area contributed by atoms with E-state index in [0.29, 0.717) is 13.0 Å². The summed E-state index contributed by atoms with van der Waals surface area (Å²) in [7, 11) is 1.41. The zero-order valence-electron chi connectivity index (χ0n) is 11.2. The van der Waals surface area contributed by atoms with Gasteiger partial charge in [0.2, 0.25) is 0 Å². The molecule has 5 heteroatoms. The fourth-order valence-electron chi connectivity index (χ4n) is 2.53. The van der Waals surface area contributed by atoms with Gasteiger partial charge in [0.1, 0.15) is 0 Å². The summed E-state index contributed by atoms with van der Waals surface area (Å²) in [6, 6.07) is 0. The Bertz CT molecular complexity index is 336. The maximum Gasteiger partial charge on any atom is 0.307 e. The number of amidine groups is 1. The van der Waals surface area contributed by atoms with Gasteiger partial charge in [0, 0.05) is 11.3 Å². The topological polar surface area (TPSA) is 50.7 Å². The summed E-state index contributed by atoms with van der Waals surface area (Å²) in [4.78, 5) is 15.4. The number of hydrogen-bond donors (Lipinski definition) is 1. The third kappa shape index (κ3) is 3.40. The zero-order chi connectivity index (χ0) is 13.0. The van der Waals surface area contributed by atoms with E-state index in [1.807, 2.05) is 0 Å². The van der Waals surface area contributed by atoms with Crippen LogP contribution in [0, 0.1) is 5.92 Å². The van der Waals surface area contributed by atoms with Crippen LogP contribution in [0.2, 0.25) is 0 Å². The Labute approximate surface area is 113 Å². The highest BCUT2D eigenvalue weighted by Gasteiger charge is 2.39. The molecule has 1 saturated heterocycles. The number of hydrogen-bond acceptors (Lipinski definition) is 4. The van der Waals surface area contributed by atoms with Gasteiger partial charge in [-0.05, 0) is 31.6 Å². The number of methoxy groups -OCH3 is 1. The van der Waals surface area contributed by atoms with Crippen molar-refractivity contribution in [2.24, 2.45) is 10.9 Å². The predicted molar refractivity (Wildman–Crippen MR) is 74.9 cm³/mol. The summed E-state index contributed by atoms with van der Waals surface area (Å²) < 4.78 is 4.60. The third-order valence-corrected chi connectivity index (χ3v) is 5.09. The Kier molecular flexibility index (Phi) is 4.54. The molecule has 2 aliphatic rings. The zero-order valence-corrected chi connectivity index (χ0v) is 12.0. The molecule has 1 aliphatic heterocycles. The third-order valence-electron chi connectivity index (χ3n) is 3.89. The van der Waals surface area contributed by atoms with Gasteiger partial charge in [0.05, 0.1) is 20.1 Å². The molecule has 0 aromatic carbocycles. The average Bonchev–Trinajstić information content (AvgIpc) is 2.77. The number of rotatable bonds is 3. The van der Waals surface area contributed by atoms with Crippen LogP contribution in [0.3, 0.4) is 0 Å². The lowest BCUT2D eigenvalue weighted by atomic mass is 9.78. The number of ether oxygens (including phenoxy) is 1. The number of nitrogens with zero attached hydrogens (tertiary/aromatic N) is 1. The van der Waals surface area contributed by atoms with Gasteiger partial charge in [-0.25, -0.2) is 0 Å². The maximum atomic E-state index is 11.0. The smallest absolute Gasteiger partial charge is 0.307 e. The minimum atomic E-state index is -0.191. The fourth-order valence-corrected chi connectivity index (χ4v) is 3.77. The first-order chi connectivity index (χ1) is 8.63. The van der Waals surface area contributed by atoms with Gasteiger partial charge in [0.15, 0.2) is 5.17 Å². The number of esters is 1. The Hall–Kier alpha value is -0.710. The van der Waals surface area contributed by atoms with Crippen molar-refractivity contribution in [3.05, 3.63) is 0 Å². The lowest BCUT2D eigenvalue weighted by molar-refractivity contribution is -0.140. The van der Waals surface area contributed by atoms with Crippen molar-refractivity contribution in [3.8, 4) is 0 Å². The molecule has 1 spiro atoms. The van der Waals surface area contributed by atoms with Gasteiger partial charge in [-0.3, -0.25) is 9.79 Å². The fraction of sp³-hybridized carbons (Fsp3) is 0.846. The second-order valence-corrected chi connectivity index (χ2v) is 6.35. The summed E-state index contributed by atoms with van der Waals surface area (Å²) in [5.74, 6) is 1.79. The van der Waals surface area contributed by atoms with Crippen LogP contribution >= 0.6 is 11.8 Å². The second kappa shape index (κ2) is 5.95. The monoisotopic (exact) mass is 270 g/mol. The van der Waals surface area contributed by atoms with E-state index < -0.39 is 0 Å². The molecule has 0 atom stereocenters. The summed E-state index contributed by atoms with van der Waals surface area (Å²) in [6.45, 7) is 2.86. The molecule has 2 fully saturated rings. The van der Waals surface area contributed by atoms with E-state index in [9.17, 15) is 4.79 Å². The molecule has 1 heterocycles. The average molecular weight is 270 g/mol. The van der Waals surface area contributed by atoms with E-state index in [1.165, 1.54) is 32.8 Å². The van der Waals surface area contributed by atoms with E-state index in [-0.39, 0.29) is 11.5 Å². The number of thioether (sulfide) groups is 1. The van der Waals surface area contributed by atoms with Crippen molar-refractivity contribution in [2.45, 2.75) is 44.6 Å². The molecule has 4 nitrogen and oxygen atoms in total. The van der Waals surface area contributed by atoms with Crippen LogP contribution < -0.4 is 5.32 Å². The molecule has 18 heavy (non-hydrogen) atoms. The van der Waals surface area contributed by atoms with E-state index in [4.69, 9.17) is 0 Å². The molecule has 1 saturated carbocycles. The first-order valence-electron chi connectivity index (χ1n) is 6.66. The summed E-state index contributed by atoms with van der Waals surface area (Å²) in [5, 5.41) is 4.59. The van der Waals surface area contributed by atoms with Crippen LogP contribution in [-0.4, -0.2) is 36.1 Å². The van der Waals surface area contributed by atoms with Crippen molar-refractivity contribution in [1.82, 2.24) is 5.32 Å². The number of carbonyl (C=O) groups is 1. The Morgan fingerprint density at radius 1 is 1.56 bits per heavy atom. The summed E-state index contributed by atoms with van der Waals surface area (Å²) in [6.07, 6.45) is 5.48. The van der Waals surface area contributed by atoms with Crippen LogP contribution in [0.15, 0.2) is 4.99 Å². The number of nitrogens with one attached hydrogen (secondary N) is 1.